The SMILES string of the molecule is CCNC(=O)CNC(=O)c1cc(S(=O)(=O)Nc2cccc(C)c2)ccc1Cl. The first-order chi connectivity index (χ1) is 12.7. The Bertz CT molecular complexity index is 961. The molecule has 0 spiro atoms. The number of carbonyl (C=O) groups is 2. The number of hydrogen-bond donors (Lipinski definition) is 3. The number of rotatable bonds is 7. The third-order valence-corrected chi connectivity index (χ3v) is 5.26. The molecular weight excluding hydrogens is 390 g/mol. The Morgan fingerprint density at radius 2 is 1.81 bits per heavy atom. The van der Waals surface area contributed by atoms with Crippen LogP contribution in [0.25, 0.3) is 0 Å². The summed E-state index contributed by atoms with van der Waals surface area (Å²) in [6.45, 7) is 3.80. The lowest BCUT2D eigenvalue weighted by Crippen LogP contribution is -2.36. The molecule has 2 aromatic rings. The number of carbonyl (C=O) groups excluding carboxylic acids is 2. The predicted octanol–water partition coefficient (Wildman–Crippen LogP) is 2.32. The first kappa shape index (κ1) is 20.7. The molecule has 0 saturated carbocycles. The zero-order valence-electron chi connectivity index (χ0n) is 14.9. The molecule has 27 heavy (non-hydrogen) atoms. The molecule has 0 atom stereocenters. The van der Waals surface area contributed by atoms with Crippen LogP contribution >= 0.6 is 11.6 Å². The summed E-state index contributed by atoms with van der Waals surface area (Å²) in [4.78, 5) is 23.6. The van der Waals surface area contributed by atoms with Crippen LogP contribution in [0.5, 0.6) is 0 Å². The molecule has 2 rings (SSSR count). The van der Waals surface area contributed by atoms with E-state index in [9.17, 15) is 18.0 Å². The number of benzene rings is 2. The van der Waals surface area contributed by atoms with E-state index in [2.05, 4.69) is 15.4 Å². The normalized spacial score (nSPS) is 10.9. The molecule has 0 bridgehead atoms. The minimum absolute atomic E-state index is 0.0342. The van der Waals surface area contributed by atoms with E-state index in [1.807, 2.05) is 13.0 Å². The van der Waals surface area contributed by atoms with Gasteiger partial charge < -0.3 is 10.6 Å². The Hall–Kier alpha value is -2.58. The molecule has 0 heterocycles. The van der Waals surface area contributed by atoms with Gasteiger partial charge in [-0.25, -0.2) is 8.42 Å². The molecule has 0 radical (unpaired) electrons. The number of halogens is 1. The summed E-state index contributed by atoms with van der Waals surface area (Å²) in [5.74, 6) is -0.995. The van der Waals surface area contributed by atoms with Crippen molar-refractivity contribution >= 4 is 39.1 Å². The number of sulfonamides is 1. The Labute approximate surface area is 163 Å². The quantitative estimate of drug-likeness (QED) is 0.652. The van der Waals surface area contributed by atoms with Gasteiger partial charge in [-0.1, -0.05) is 23.7 Å². The number of hydrogen-bond acceptors (Lipinski definition) is 4. The summed E-state index contributed by atoms with van der Waals surface area (Å²) in [6, 6.07) is 10.7. The van der Waals surface area contributed by atoms with Crippen LogP contribution < -0.4 is 15.4 Å². The molecule has 0 aromatic heterocycles. The highest BCUT2D eigenvalue weighted by Gasteiger charge is 2.19. The second-order valence-corrected chi connectivity index (χ2v) is 7.84. The van der Waals surface area contributed by atoms with Crippen molar-refractivity contribution in [3.05, 3.63) is 58.6 Å². The fourth-order valence-electron chi connectivity index (χ4n) is 2.28. The van der Waals surface area contributed by atoms with Crippen molar-refractivity contribution in [3.8, 4) is 0 Å². The van der Waals surface area contributed by atoms with Crippen molar-refractivity contribution in [3.63, 3.8) is 0 Å². The van der Waals surface area contributed by atoms with E-state index >= 15 is 0 Å². The average Bonchev–Trinajstić information content (AvgIpc) is 2.59. The fraction of sp³-hybridized carbons (Fsp3) is 0.222. The van der Waals surface area contributed by atoms with Gasteiger partial charge in [0.2, 0.25) is 5.91 Å². The van der Waals surface area contributed by atoms with Crippen LogP contribution in [0, 0.1) is 6.92 Å². The standard InChI is InChI=1S/C18H20ClN3O4S/c1-3-20-17(23)11-21-18(24)15-10-14(7-8-16(15)19)27(25,26)22-13-6-4-5-12(2)9-13/h4-10,22H,3,11H2,1-2H3,(H,20,23)(H,21,24). The Morgan fingerprint density at radius 3 is 2.48 bits per heavy atom. The smallest absolute Gasteiger partial charge is 0.261 e. The van der Waals surface area contributed by atoms with Gasteiger partial charge >= 0.3 is 0 Å². The molecule has 0 aliphatic heterocycles. The van der Waals surface area contributed by atoms with E-state index in [0.717, 1.165) is 5.56 Å². The topological polar surface area (TPSA) is 104 Å². The van der Waals surface area contributed by atoms with Gasteiger partial charge in [-0.3, -0.25) is 14.3 Å². The number of likely N-dealkylation sites (N-methyl/N-ethyl adjacent to an activating group) is 1. The summed E-state index contributed by atoms with van der Waals surface area (Å²) >= 11 is 6.02. The maximum Gasteiger partial charge on any atom is 0.261 e. The fourth-order valence-corrected chi connectivity index (χ4v) is 3.56. The van der Waals surface area contributed by atoms with Crippen molar-refractivity contribution < 1.29 is 18.0 Å². The first-order valence-electron chi connectivity index (χ1n) is 8.17. The molecule has 0 unspecified atom stereocenters. The third-order valence-electron chi connectivity index (χ3n) is 3.55. The highest BCUT2D eigenvalue weighted by Crippen LogP contribution is 2.23. The zero-order chi connectivity index (χ0) is 20.0. The number of anilines is 1. The van der Waals surface area contributed by atoms with E-state index in [0.29, 0.717) is 12.2 Å². The molecule has 0 aliphatic rings. The van der Waals surface area contributed by atoms with Gasteiger partial charge in [-0.15, -0.1) is 0 Å². The van der Waals surface area contributed by atoms with Crippen LogP contribution in [-0.2, 0) is 14.8 Å². The van der Waals surface area contributed by atoms with Crippen LogP contribution in [0.1, 0.15) is 22.8 Å². The van der Waals surface area contributed by atoms with Crippen molar-refractivity contribution in [2.24, 2.45) is 0 Å². The molecule has 2 aromatic carbocycles. The van der Waals surface area contributed by atoms with E-state index in [1.165, 1.54) is 18.2 Å². The second kappa shape index (κ2) is 8.88. The maximum atomic E-state index is 12.6. The average molecular weight is 410 g/mol. The zero-order valence-corrected chi connectivity index (χ0v) is 16.4. The lowest BCUT2D eigenvalue weighted by atomic mass is 10.2. The van der Waals surface area contributed by atoms with Crippen molar-refractivity contribution in [1.82, 2.24) is 10.6 Å². The van der Waals surface area contributed by atoms with Gasteiger partial charge in [0.05, 0.1) is 22.0 Å². The van der Waals surface area contributed by atoms with Crippen LogP contribution in [0.2, 0.25) is 5.02 Å². The summed E-state index contributed by atoms with van der Waals surface area (Å²) in [5.41, 5.74) is 1.27. The highest BCUT2D eigenvalue weighted by molar-refractivity contribution is 7.92. The molecular formula is C18H20ClN3O4S. The van der Waals surface area contributed by atoms with E-state index in [1.54, 1.807) is 25.1 Å². The molecule has 0 aliphatic carbocycles. The van der Waals surface area contributed by atoms with Gasteiger partial charge in [-0.2, -0.15) is 0 Å². The maximum absolute atomic E-state index is 12.6. The van der Waals surface area contributed by atoms with Crippen LogP contribution in [0.3, 0.4) is 0 Å². The van der Waals surface area contributed by atoms with E-state index < -0.39 is 15.9 Å². The summed E-state index contributed by atoms with van der Waals surface area (Å²) in [7, 11) is -3.91. The highest BCUT2D eigenvalue weighted by atomic mass is 35.5. The Balaban J connectivity index is 2.22. The number of nitrogens with one attached hydrogen (secondary N) is 3. The molecule has 0 saturated heterocycles. The summed E-state index contributed by atoms with van der Waals surface area (Å²) in [5, 5.41) is 5.03. The van der Waals surface area contributed by atoms with Crippen molar-refractivity contribution in [2.75, 3.05) is 17.8 Å². The van der Waals surface area contributed by atoms with E-state index in [4.69, 9.17) is 11.6 Å². The monoisotopic (exact) mass is 409 g/mol. The van der Waals surface area contributed by atoms with Crippen LogP contribution in [-0.4, -0.2) is 33.3 Å². The van der Waals surface area contributed by atoms with Gasteiger partial charge in [-0.05, 0) is 49.7 Å². The number of amides is 2. The largest absolute Gasteiger partial charge is 0.355 e. The third kappa shape index (κ3) is 5.70. The van der Waals surface area contributed by atoms with Gasteiger partial charge in [0.25, 0.3) is 15.9 Å². The molecule has 0 fully saturated rings. The van der Waals surface area contributed by atoms with Gasteiger partial charge in [0.1, 0.15) is 0 Å². The minimum Gasteiger partial charge on any atom is -0.355 e. The molecule has 7 nitrogen and oxygen atoms in total. The van der Waals surface area contributed by atoms with Gasteiger partial charge in [0, 0.05) is 12.2 Å². The molecule has 3 N–H and O–H groups in total. The molecule has 2 amide bonds. The van der Waals surface area contributed by atoms with Crippen molar-refractivity contribution in [1.29, 1.82) is 0 Å². The summed E-state index contributed by atoms with van der Waals surface area (Å²) in [6.07, 6.45) is 0. The van der Waals surface area contributed by atoms with Crippen LogP contribution in [0.15, 0.2) is 47.4 Å². The molecule has 9 heteroatoms. The Morgan fingerprint density at radius 1 is 1.07 bits per heavy atom. The lowest BCUT2D eigenvalue weighted by molar-refractivity contribution is -0.120. The summed E-state index contributed by atoms with van der Waals surface area (Å²) < 4.78 is 27.7. The predicted molar refractivity (Wildman–Crippen MR) is 104 cm³/mol. The van der Waals surface area contributed by atoms with Crippen LogP contribution in [0.4, 0.5) is 5.69 Å². The van der Waals surface area contributed by atoms with E-state index in [-0.39, 0.29) is 27.9 Å². The minimum atomic E-state index is -3.91. The lowest BCUT2D eigenvalue weighted by Gasteiger charge is -2.11. The molecule has 144 valence electrons. The number of aryl methyl sites for hydroxylation is 1. The van der Waals surface area contributed by atoms with Gasteiger partial charge in [0.15, 0.2) is 0 Å². The first-order valence-corrected chi connectivity index (χ1v) is 10.0. The van der Waals surface area contributed by atoms with Crippen molar-refractivity contribution in [2.45, 2.75) is 18.7 Å². The Kier molecular flexibility index (Phi) is 6.81. The second-order valence-electron chi connectivity index (χ2n) is 5.75.